The summed E-state index contributed by atoms with van der Waals surface area (Å²) in [5.74, 6) is 0.521. The van der Waals surface area contributed by atoms with Crippen LogP contribution in [0.15, 0.2) is 5.38 Å². The van der Waals surface area contributed by atoms with Gasteiger partial charge in [0.25, 0.3) is 5.91 Å². The maximum atomic E-state index is 11.8. The third-order valence-electron chi connectivity index (χ3n) is 3.22. The fourth-order valence-corrected chi connectivity index (χ4v) is 2.79. The monoisotopic (exact) mass is 239 g/mol. The molecule has 5 heteroatoms. The van der Waals surface area contributed by atoms with Crippen molar-refractivity contribution < 1.29 is 4.79 Å². The molecule has 1 atom stereocenters. The van der Waals surface area contributed by atoms with Crippen LogP contribution in [-0.2, 0) is 0 Å². The maximum absolute atomic E-state index is 11.8. The van der Waals surface area contributed by atoms with E-state index < -0.39 is 0 Å². The highest BCUT2D eigenvalue weighted by Crippen LogP contribution is 2.27. The van der Waals surface area contributed by atoms with Gasteiger partial charge in [0.15, 0.2) is 5.13 Å². The SMILES string of the molecule is C[C@@H](NC(=O)c1csc(N)n1)C1CCCC1. The summed E-state index contributed by atoms with van der Waals surface area (Å²) in [4.78, 5) is 15.8. The molecule has 1 aliphatic carbocycles. The molecule has 88 valence electrons. The number of amides is 1. The molecule has 1 amide bonds. The highest BCUT2D eigenvalue weighted by atomic mass is 32.1. The molecule has 4 nitrogen and oxygen atoms in total. The minimum atomic E-state index is -0.104. The molecule has 0 radical (unpaired) electrons. The van der Waals surface area contributed by atoms with E-state index in [2.05, 4.69) is 17.2 Å². The largest absolute Gasteiger partial charge is 0.375 e. The van der Waals surface area contributed by atoms with E-state index in [-0.39, 0.29) is 11.9 Å². The number of rotatable bonds is 3. The molecule has 3 N–H and O–H groups in total. The molecule has 0 aromatic carbocycles. The van der Waals surface area contributed by atoms with E-state index in [9.17, 15) is 4.79 Å². The van der Waals surface area contributed by atoms with Gasteiger partial charge < -0.3 is 11.1 Å². The van der Waals surface area contributed by atoms with Crippen molar-refractivity contribution in [1.29, 1.82) is 0 Å². The molecule has 1 saturated carbocycles. The third kappa shape index (κ3) is 2.52. The number of anilines is 1. The molecule has 0 spiro atoms. The zero-order chi connectivity index (χ0) is 11.5. The summed E-state index contributed by atoms with van der Waals surface area (Å²) in [7, 11) is 0. The van der Waals surface area contributed by atoms with E-state index in [0.717, 1.165) is 0 Å². The fraction of sp³-hybridized carbons (Fsp3) is 0.636. The Morgan fingerprint density at radius 2 is 2.31 bits per heavy atom. The summed E-state index contributed by atoms with van der Waals surface area (Å²) in [6.45, 7) is 2.07. The second-order valence-electron chi connectivity index (χ2n) is 4.38. The molecule has 0 aliphatic heterocycles. The van der Waals surface area contributed by atoms with Crippen LogP contribution in [0.1, 0.15) is 43.1 Å². The first-order chi connectivity index (χ1) is 7.66. The number of carbonyl (C=O) groups is 1. The van der Waals surface area contributed by atoms with Crippen LogP contribution in [0, 0.1) is 5.92 Å². The summed E-state index contributed by atoms with van der Waals surface area (Å²) >= 11 is 1.30. The molecular formula is C11H17N3OS. The Labute approximate surface area is 99.3 Å². The predicted octanol–water partition coefficient (Wildman–Crippen LogP) is 2.03. The number of nitrogens with two attached hydrogens (primary N) is 1. The standard InChI is InChI=1S/C11H17N3OS/c1-7(8-4-2-3-5-8)13-10(15)9-6-16-11(12)14-9/h6-8H,2-5H2,1H3,(H2,12,14)(H,13,15)/t7-/m1/s1. The minimum Gasteiger partial charge on any atom is -0.375 e. The molecule has 1 heterocycles. The Kier molecular flexibility index (Phi) is 3.43. The van der Waals surface area contributed by atoms with Crippen LogP contribution < -0.4 is 11.1 Å². The number of nitrogen functional groups attached to an aromatic ring is 1. The lowest BCUT2D eigenvalue weighted by Gasteiger charge is -2.19. The van der Waals surface area contributed by atoms with E-state index in [1.165, 1.54) is 37.0 Å². The lowest BCUT2D eigenvalue weighted by atomic mass is 10.00. The number of hydrogen-bond acceptors (Lipinski definition) is 4. The van der Waals surface area contributed by atoms with E-state index in [1.54, 1.807) is 5.38 Å². The van der Waals surface area contributed by atoms with Gasteiger partial charge >= 0.3 is 0 Å². The number of aromatic nitrogens is 1. The molecule has 1 aliphatic rings. The van der Waals surface area contributed by atoms with E-state index in [0.29, 0.717) is 16.7 Å². The highest BCUT2D eigenvalue weighted by molar-refractivity contribution is 7.13. The van der Waals surface area contributed by atoms with Crippen LogP contribution in [0.2, 0.25) is 0 Å². The van der Waals surface area contributed by atoms with Crippen molar-refractivity contribution in [3.63, 3.8) is 0 Å². The van der Waals surface area contributed by atoms with Crippen molar-refractivity contribution >= 4 is 22.4 Å². The lowest BCUT2D eigenvalue weighted by molar-refractivity contribution is 0.0923. The summed E-state index contributed by atoms with van der Waals surface area (Å²) in [6.07, 6.45) is 5.02. The molecule has 1 aromatic heterocycles. The smallest absolute Gasteiger partial charge is 0.271 e. The highest BCUT2D eigenvalue weighted by Gasteiger charge is 2.23. The van der Waals surface area contributed by atoms with Crippen molar-refractivity contribution in [2.45, 2.75) is 38.6 Å². The van der Waals surface area contributed by atoms with E-state index in [1.807, 2.05) is 0 Å². The summed E-state index contributed by atoms with van der Waals surface area (Å²) in [5.41, 5.74) is 5.93. The molecule has 16 heavy (non-hydrogen) atoms. The average molecular weight is 239 g/mol. The van der Waals surface area contributed by atoms with Crippen LogP contribution in [0.4, 0.5) is 5.13 Å². The summed E-state index contributed by atoms with van der Waals surface area (Å²) < 4.78 is 0. The first kappa shape index (κ1) is 11.4. The lowest BCUT2D eigenvalue weighted by Crippen LogP contribution is -2.37. The molecule has 0 saturated heterocycles. The van der Waals surface area contributed by atoms with Crippen molar-refractivity contribution in [3.05, 3.63) is 11.1 Å². The molecular weight excluding hydrogens is 222 g/mol. The number of hydrogen-bond donors (Lipinski definition) is 2. The number of nitrogens with zero attached hydrogens (tertiary/aromatic N) is 1. The van der Waals surface area contributed by atoms with Gasteiger partial charge in [-0.25, -0.2) is 4.98 Å². The Balaban J connectivity index is 1.91. The van der Waals surface area contributed by atoms with Gasteiger partial charge in [0.2, 0.25) is 0 Å². The minimum absolute atomic E-state index is 0.104. The van der Waals surface area contributed by atoms with Gasteiger partial charge in [-0.3, -0.25) is 4.79 Å². The zero-order valence-electron chi connectivity index (χ0n) is 9.40. The van der Waals surface area contributed by atoms with Gasteiger partial charge in [0.05, 0.1) is 0 Å². The van der Waals surface area contributed by atoms with Gasteiger partial charge in [-0.15, -0.1) is 11.3 Å². The second kappa shape index (κ2) is 4.82. The van der Waals surface area contributed by atoms with Crippen molar-refractivity contribution in [2.75, 3.05) is 5.73 Å². The number of carbonyl (C=O) groups excluding carboxylic acids is 1. The normalized spacial score (nSPS) is 18.6. The van der Waals surface area contributed by atoms with Crippen LogP contribution in [0.5, 0.6) is 0 Å². The molecule has 0 bridgehead atoms. The third-order valence-corrected chi connectivity index (χ3v) is 3.89. The second-order valence-corrected chi connectivity index (χ2v) is 5.27. The molecule has 1 aromatic rings. The maximum Gasteiger partial charge on any atom is 0.271 e. The Morgan fingerprint density at radius 1 is 1.62 bits per heavy atom. The fourth-order valence-electron chi connectivity index (χ4n) is 2.25. The number of thiazole rings is 1. The Hall–Kier alpha value is -1.10. The van der Waals surface area contributed by atoms with Gasteiger partial charge in [0.1, 0.15) is 5.69 Å². The zero-order valence-corrected chi connectivity index (χ0v) is 10.2. The number of nitrogens with one attached hydrogen (secondary N) is 1. The van der Waals surface area contributed by atoms with Gasteiger partial charge in [-0.05, 0) is 25.7 Å². The summed E-state index contributed by atoms with van der Waals surface area (Å²) in [5, 5.41) is 5.14. The van der Waals surface area contributed by atoms with Crippen LogP contribution in [0.25, 0.3) is 0 Å². The van der Waals surface area contributed by atoms with Crippen LogP contribution in [-0.4, -0.2) is 16.9 Å². The van der Waals surface area contributed by atoms with Crippen LogP contribution >= 0.6 is 11.3 Å². The van der Waals surface area contributed by atoms with Crippen molar-refractivity contribution in [1.82, 2.24) is 10.3 Å². The molecule has 0 unspecified atom stereocenters. The van der Waals surface area contributed by atoms with E-state index in [4.69, 9.17) is 5.73 Å². The first-order valence-corrected chi connectivity index (χ1v) is 6.56. The van der Waals surface area contributed by atoms with Gasteiger partial charge in [-0.1, -0.05) is 12.8 Å². The van der Waals surface area contributed by atoms with Gasteiger partial charge in [0, 0.05) is 11.4 Å². The van der Waals surface area contributed by atoms with Crippen LogP contribution in [0.3, 0.4) is 0 Å². The first-order valence-electron chi connectivity index (χ1n) is 5.68. The van der Waals surface area contributed by atoms with Gasteiger partial charge in [-0.2, -0.15) is 0 Å². The quantitative estimate of drug-likeness (QED) is 0.848. The summed E-state index contributed by atoms with van der Waals surface area (Å²) in [6, 6.07) is 0.234. The molecule has 1 fully saturated rings. The Bertz CT molecular complexity index is 371. The average Bonchev–Trinajstić information content (AvgIpc) is 2.87. The Morgan fingerprint density at radius 3 is 2.88 bits per heavy atom. The molecule has 2 rings (SSSR count). The van der Waals surface area contributed by atoms with E-state index >= 15 is 0 Å². The van der Waals surface area contributed by atoms with Crippen molar-refractivity contribution in [2.24, 2.45) is 5.92 Å². The predicted molar refractivity (Wildman–Crippen MR) is 65.4 cm³/mol. The topological polar surface area (TPSA) is 68.0 Å². The van der Waals surface area contributed by atoms with Crippen molar-refractivity contribution in [3.8, 4) is 0 Å².